The molecule has 0 aliphatic carbocycles. The molecule has 1 aromatic rings. The van der Waals surface area contributed by atoms with Gasteiger partial charge in [0.25, 0.3) is 0 Å². The quantitative estimate of drug-likeness (QED) is 0.876. The number of hydrogen-bond donors (Lipinski definition) is 1. The summed E-state index contributed by atoms with van der Waals surface area (Å²) in [6.45, 7) is 5.91. The summed E-state index contributed by atoms with van der Waals surface area (Å²) >= 11 is 0. The number of hydrogen-bond acceptors (Lipinski definition) is 3. The fourth-order valence-corrected chi connectivity index (χ4v) is 2.86. The van der Waals surface area contributed by atoms with Crippen molar-refractivity contribution in [3.63, 3.8) is 0 Å². The maximum Gasteiger partial charge on any atom is 0.223 e. The fraction of sp³-hybridized carbons (Fsp3) is 0.647. The average Bonchev–Trinajstić information content (AvgIpc) is 2.52. The number of amides is 1. The van der Waals surface area contributed by atoms with Gasteiger partial charge in [-0.05, 0) is 51.3 Å². The van der Waals surface area contributed by atoms with E-state index in [9.17, 15) is 4.79 Å². The third-order valence-corrected chi connectivity index (χ3v) is 4.14. The number of aromatic nitrogens is 1. The van der Waals surface area contributed by atoms with Gasteiger partial charge in [0.05, 0.1) is 0 Å². The van der Waals surface area contributed by atoms with E-state index in [0.717, 1.165) is 18.5 Å². The summed E-state index contributed by atoms with van der Waals surface area (Å²) in [5.41, 5.74) is 1.09. The first-order valence-electron chi connectivity index (χ1n) is 8.08. The molecule has 4 nitrogen and oxygen atoms in total. The summed E-state index contributed by atoms with van der Waals surface area (Å²) < 4.78 is 0. The monoisotopic (exact) mass is 289 g/mol. The average molecular weight is 289 g/mol. The second-order valence-electron chi connectivity index (χ2n) is 6.16. The molecule has 1 unspecified atom stereocenters. The van der Waals surface area contributed by atoms with Crippen molar-refractivity contribution in [1.29, 1.82) is 0 Å². The Labute approximate surface area is 127 Å². The van der Waals surface area contributed by atoms with Gasteiger partial charge in [0, 0.05) is 37.4 Å². The molecule has 0 radical (unpaired) electrons. The molecule has 1 aliphatic rings. The first-order valence-corrected chi connectivity index (χ1v) is 8.08. The molecule has 4 heteroatoms. The molecule has 1 N–H and O–H groups in total. The normalized spacial score (nSPS) is 18.7. The van der Waals surface area contributed by atoms with E-state index in [1.54, 1.807) is 6.20 Å². The Hall–Kier alpha value is -1.42. The van der Waals surface area contributed by atoms with Crippen LogP contribution >= 0.6 is 0 Å². The molecule has 1 aromatic heterocycles. The molecule has 1 saturated heterocycles. The zero-order valence-corrected chi connectivity index (χ0v) is 13.2. The number of carbonyl (C=O) groups is 1. The predicted octanol–water partition coefficient (Wildman–Crippen LogP) is 2.74. The molecule has 2 heterocycles. The number of carbonyl (C=O) groups excluding carboxylic acids is 1. The highest BCUT2D eigenvalue weighted by atomic mass is 16.2. The van der Waals surface area contributed by atoms with Crippen LogP contribution in [0.25, 0.3) is 0 Å². The van der Waals surface area contributed by atoms with Crippen LogP contribution in [-0.2, 0) is 11.3 Å². The summed E-state index contributed by atoms with van der Waals surface area (Å²) in [5.74, 6) is 0.251. The maximum atomic E-state index is 12.5. The van der Waals surface area contributed by atoms with Crippen LogP contribution in [0.4, 0.5) is 0 Å². The van der Waals surface area contributed by atoms with Crippen LogP contribution in [0, 0.1) is 0 Å². The SMILES string of the molecule is CC(C)N(Cc1cccnc1)C(=O)CCC1CCCCN1. The molecule has 1 fully saturated rings. The third kappa shape index (κ3) is 5.12. The van der Waals surface area contributed by atoms with Crippen molar-refractivity contribution in [2.24, 2.45) is 0 Å². The van der Waals surface area contributed by atoms with Crippen molar-refractivity contribution in [3.8, 4) is 0 Å². The van der Waals surface area contributed by atoms with Crippen molar-refractivity contribution in [2.45, 2.75) is 64.6 Å². The lowest BCUT2D eigenvalue weighted by Crippen LogP contribution is -2.39. The van der Waals surface area contributed by atoms with Crippen molar-refractivity contribution in [1.82, 2.24) is 15.2 Å². The first kappa shape index (κ1) is 16.0. The molecule has 0 saturated carbocycles. The van der Waals surface area contributed by atoms with Crippen molar-refractivity contribution in [3.05, 3.63) is 30.1 Å². The third-order valence-electron chi connectivity index (χ3n) is 4.14. The van der Waals surface area contributed by atoms with Gasteiger partial charge >= 0.3 is 0 Å². The van der Waals surface area contributed by atoms with Crippen molar-refractivity contribution >= 4 is 5.91 Å². The molecule has 21 heavy (non-hydrogen) atoms. The van der Waals surface area contributed by atoms with Gasteiger partial charge in [-0.1, -0.05) is 12.5 Å². The Bertz CT molecular complexity index is 427. The summed E-state index contributed by atoms with van der Waals surface area (Å²) in [6, 6.07) is 4.69. The molecule has 1 aliphatic heterocycles. The van der Waals surface area contributed by atoms with E-state index in [2.05, 4.69) is 24.1 Å². The number of pyridine rings is 1. The van der Waals surface area contributed by atoms with Gasteiger partial charge in [0.15, 0.2) is 0 Å². The molecule has 0 bridgehead atoms. The Morgan fingerprint density at radius 1 is 1.48 bits per heavy atom. The number of rotatable bonds is 6. The molecule has 0 spiro atoms. The highest BCUT2D eigenvalue weighted by molar-refractivity contribution is 5.76. The topological polar surface area (TPSA) is 45.2 Å². The Morgan fingerprint density at radius 3 is 2.95 bits per heavy atom. The smallest absolute Gasteiger partial charge is 0.223 e. The van der Waals surface area contributed by atoms with Crippen LogP contribution in [0.15, 0.2) is 24.5 Å². The van der Waals surface area contributed by atoms with Gasteiger partial charge < -0.3 is 10.2 Å². The Morgan fingerprint density at radius 2 is 2.33 bits per heavy atom. The minimum Gasteiger partial charge on any atom is -0.336 e. The van der Waals surface area contributed by atoms with E-state index < -0.39 is 0 Å². The summed E-state index contributed by atoms with van der Waals surface area (Å²) in [6.07, 6.45) is 8.95. The van der Waals surface area contributed by atoms with Crippen molar-refractivity contribution in [2.75, 3.05) is 6.54 Å². The van der Waals surface area contributed by atoms with E-state index in [1.807, 2.05) is 23.2 Å². The molecular weight excluding hydrogens is 262 g/mol. The van der Waals surface area contributed by atoms with Crippen LogP contribution in [-0.4, -0.2) is 34.4 Å². The van der Waals surface area contributed by atoms with E-state index in [0.29, 0.717) is 19.0 Å². The van der Waals surface area contributed by atoms with Crippen LogP contribution in [0.2, 0.25) is 0 Å². The van der Waals surface area contributed by atoms with E-state index >= 15 is 0 Å². The summed E-state index contributed by atoms with van der Waals surface area (Å²) in [4.78, 5) is 18.6. The molecular formula is C17H27N3O. The largest absolute Gasteiger partial charge is 0.336 e. The van der Waals surface area contributed by atoms with Gasteiger partial charge in [-0.25, -0.2) is 0 Å². The lowest BCUT2D eigenvalue weighted by atomic mass is 10.00. The Kier molecular flexibility index (Phi) is 6.18. The van der Waals surface area contributed by atoms with E-state index in [-0.39, 0.29) is 11.9 Å². The minimum atomic E-state index is 0.219. The van der Waals surface area contributed by atoms with Crippen LogP contribution < -0.4 is 5.32 Å². The molecule has 2 rings (SSSR count). The molecule has 1 amide bonds. The standard InChI is InChI=1S/C17H27N3O/c1-14(2)20(13-15-6-5-10-18-12-15)17(21)9-8-16-7-3-4-11-19-16/h5-6,10,12,14,16,19H,3-4,7-9,11,13H2,1-2H3. The lowest BCUT2D eigenvalue weighted by Gasteiger charge is -2.28. The van der Waals surface area contributed by atoms with Gasteiger partial charge in [0.1, 0.15) is 0 Å². The van der Waals surface area contributed by atoms with E-state index in [4.69, 9.17) is 0 Å². The van der Waals surface area contributed by atoms with Crippen LogP contribution in [0.1, 0.15) is 51.5 Å². The lowest BCUT2D eigenvalue weighted by molar-refractivity contribution is -0.133. The first-order chi connectivity index (χ1) is 10.2. The zero-order valence-electron chi connectivity index (χ0n) is 13.2. The van der Waals surface area contributed by atoms with Crippen LogP contribution in [0.3, 0.4) is 0 Å². The fourth-order valence-electron chi connectivity index (χ4n) is 2.86. The Balaban J connectivity index is 1.86. The number of piperidine rings is 1. The predicted molar refractivity (Wildman–Crippen MR) is 84.8 cm³/mol. The number of nitrogens with zero attached hydrogens (tertiary/aromatic N) is 2. The summed E-state index contributed by atoms with van der Waals surface area (Å²) in [5, 5.41) is 3.51. The zero-order chi connectivity index (χ0) is 15.1. The van der Waals surface area contributed by atoms with Gasteiger partial charge in [-0.2, -0.15) is 0 Å². The molecule has 0 aromatic carbocycles. The minimum absolute atomic E-state index is 0.219. The second kappa shape index (κ2) is 8.13. The second-order valence-corrected chi connectivity index (χ2v) is 6.16. The van der Waals surface area contributed by atoms with Crippen LogP contribution in [0.5, 0.6) is 0 Å². The highest BCUT2D eigenvalue weighted by Crippen LogP contribution is 2.15. The van der Waals surface area contributed by atoms with Crippen molar-refractivity contribution < 1.29 is 4.79 Å². The maximum absolute atomic E-state index is 12.5. The molecule has 116 valence electrons. The highest BCUT2D eigenvalue weighted by Gasteiger charge is 2.20. The van der Waals surface area contributed by atoms with Gasteiger partial charge in [-0.15, -0.1) is 0 Å². The van der Waals surface area contributed by atoms with Gasteiger partial charge in [-0.3, -0.25) is 9.78 Å². The number of nitrogens with one attached hydrogen (secondary N) is 1. The van der Waals surface area contributed by atoms with Gasteiger partial charge in [0.2, 0.25) is 5.91 Å². The summed E-state index contributed by atoms with van der Waals surface area (Å²) in [7, 11) is 0. The van der Waals surface area contributed by atoms with E-state index in [1.165, 1.54) is 19.3 Å². The molecule has 1 atom stereocenters.